The predicted octanol–water partition coefficient (Wildman–Crippen LogP) is 1.52. The molecule has 1 aliphatic rings. The van der Waals surface area contributed by atoms with Crippen LogP contribution in [0.2, 0.25) is 0 Å². The van der Waals surface area contributed by atoms with Crippen molar-refractivity contribution in [2.45, 2.75) is 25.3 Å². The minimum Gasteiger partial charge on any atom is -0.448 e. The molecule has 0 aromatic carbocycles. The molecule has 0 saturated heterocycles. The number of amides is 1. The Morgan fingerprint density at radius 2 is 2.50 bits per heavy atom. The number of nitrogens with one attached hydrogen (secondary N) is 1. The third-order valence-electron chi connectivity index (χ3n) is 2.07. The predicted molar refractivity (Wildman–Crippen MR) is 55.7 cm³/mol. The van der Waals surface area contributed by atoms with Crippen LogP contribution in [0.15, 0.2) is 17.1 Å². The zero-order valence-electron chi connectivity index (χ0n) is 8.24. The van der Waals surface area contributed by atoms with Gasteiger partial charge in [-0.2, -0.15) is 0 Å². The number of aliphatic imine (C=N–C) groups is 1. The van der Waals surface area contributed by atoms with E-state index in [2.05, 4.69) is 29.2 Å². The third kappa shape index (κ3) is 4.07. The number of allylic oxidation sites excluding steroid dienone is 1. The van der Waals surface area contributed by atoms with Gasteiger partial charge >= 0.3 is 6.09 Å². The van der Waals surface area contributed by atoms with Gasteiger partial charge in [0.05, 0.1) is 6.54 Å². The smallest absolute Gasteiger partial charge is 0.407 e. The summed E-state index contributed by atoms with van der Waals surface area (Å²) in [4.78, 5) is 14.8. The van der Waals surface area contributed by atoms with Crippen LogP contribution in [0.5, 0.6) is 0 Å². The minimum absolute atomic E-state index is 0.226. The summed E-state index contributed by atoms with van der Waals surface area (Å²) in [6.07, 6.45) is 6.78. The molecule has 1 N–H and O–H groups in total. The van der Waals surface area contributed by atoms with Crippen molar-refractivity contribution in [2.75, 3.05) is 13.2 Å². The molecule has 0 heterocycles. The van der Waals surface area contributed by atoms with Crippen LogP contribution in [0.1, 0.15) is 19.3 Å². The molecule has 0 aromatic rings. The minimum atomic E-state index is -0.353. The van der Waals surface area contributed by atoms with E-state index in [1.54, 1.807) is 0 Å². The first-order valence-corrected chi connectivity index (χ1v) is 4.83. The van der Waals surface area contributed by atoms with Gasteiger partial charge in [-0.05, 0) is 26.0 Å². The molecule has 0 radical (unpaired) electrons. The molecule has 4 nitrogen and oxygen atoms in total. The molecule has 1 atom stereocenters. The van der Waals surface area contributed by atoms with E-state index in [0.29, 0.717) is 13.2 Å². The maximum Gasteiger partial charge on any atom is 0.407 e. The van der Waals surface area contributed by atoms with Crippen molar-refractivity contribution in [1.82, 2.24) is 5.32 Å². The Hall–Kier alpha value is -1.32. The van der Waals surface area contributed by atoms with Gasteiger partial charge in [0.15, 0.2) is 0 Å². The molecular formula is C10H16N2O2. The van der Waals surface area contributed by atoms with Gasteiger partial charge in [0.25, 0.3) is 0 Å². The molecule has 14 heavy (non-hydrogen) atoms. The van der Waals surface area contributed by atoms with Crippen molar-refractivity contribution >= 4 is 12.8 Å². The zero-order chi connectivity index (χ0) is 10.2. The summed E-state index contributed by atoms with van der Waals surface area (Å²) in [6, 6.07) is 0.226. The highest BCUT2D eigenvalue weighted by molar-refractivity contribution is 5.67. The van der Waals surface area contributed by atoms with E-state index in [-0.39, 0.29) is 12.1 Å². The Morgan fingerprint density at radius 3 is 3.14 bits per heavy atom. The lowest BCUT2D eigenvalue weighted by atomic mass is 10.0. The van der Waals surface area contributed by atoms with E-state index < -0.39 is 0 Å². The number of alkyl carbamates (subject to hydrolysis) is 1. The number of carbonyl (C=O) groups is 1. The van der Waals surface area contributed by atoms with Crippen LogP contribution in [-0.2, 0) is 4.74 Å². The molecule has 1 amide bonds. The second kappa shape index (κ2) is 6.18. The summed E-state index contributed by atoms with van der Waals surface area (Å²) in [5.41, 5.74) is 0. The number of hydrogen-bond donors (Lipinski definition) is 1. The van der Waals surface area contributed by atoms with Crippen molar-refractivity contribution in [3.63, 3.8) is 0 Å². The van der Waals surface area contributed by atoms with Crippen LogP contribution in [-0.4, -0.2) is 32.0 Å². The van der Waals surface area contributed by atoms with Crippen molar-refractivity contribution < 1.29 is 9.53 Å². The highest BCUT2D eigenvalue weighted by atomic mass is 16.5. The highest BCUT2D eigenvalue weighted by Gasteiger charge is 2.12. The fourth-order valence-corrected chi connectivity index (χ4v) is 1.34. The van der Waals surface area contributed by atoms with E-state index in [1.165, 1.54) is 0 Å². The summed E-state index contributed by atoms with van der Waals surface area (Å²) < 4.78 is 4.88. The number of hydrogen-bond acceptors (Lipinski definition) is 3. The van der Waals surface area contributed by atoms with E-state index in [0.717, 1.165) is 19.3 Å². The second-order valence-electron chi connectivity index (χ2n) is 3.21. The lowest BCUT2D eigenvalue weighted by Crippen LogP contribution is -2.36. The van der Waals surface area contributed by atoms with E-state index in [9.17, 15) is 4.79 Å². The van der Waals surface area contributed by atoms with Crippen molar-refractivity contribution in [3.8, 4) is 0 Å². The third-order valence-corrected chi connectivity index (χ3v) is 2.07. The number of nitrogens with zero attached hydrogens (tertiary/aromatic N) is 1. The van der Waals surface area contributed by atoms with E-state index >= 15 is 0 Å². The Labute approximate surface area is 84.0 Å². The van der Waals surface area contributed by atoms with Crippen LogP contribution < -0.4 is 5.32 Å². The molecule has 0 fully saturated rings. The van der Waals surface area contributed by atoms with Crippen molar-refractivity contribution in [2.24, 2.45) is 4.99 Å². The first-order valence-electron chi connectivity index (χ1n) is 4.83. The van der Waals surface area contributed by atoms with Crippen LogP contribution >= 0.6 is 0 Å². The topological polar surface area (TPSA) is 50.7 Å². The average Bonchev–Trinajstić information content (AvgIpc) is 2.20. The molecule has 0 spiro atoms. The summed E-state index contributed by atoms with van der Waals surface area (Å²) in [5.74, 6) is 0. The quantitative estimate of drug-likeness (QED) is 0.421. The summed E-state index contributed by atoms with van der Waals surface area (Å²) in [5, 5.41) is 2.80. The maximum absolute atomic E-state index is 11.2. The molecule has 0 aromatic heterocycles. The Morgan fingerprint density at radius 1 is 1.64 bits per heavy atom. The Balaban J connectivity index is 2.12. The first kappa shape index (κ1) is 10.8. The summed E-state index contributed by atoms with van der Waals surface area (Å²) in [6.45, 7) is 4.06. The van der Waals surface area contributed by atoms with Crippen LogP contribution in [0, 0.1) is 0 Å². The zero-order valence-corrected chi connectivity index (χ0v) is 8.24. The monoisotopic (exact) mass is 196 g/mol. The van der Waals surface area contributed by atoms with Crippen molar-refractivity contribution in [3.05, 3.63) is 12.2 Å². The summed E-state index contributed by atoms with van der Waals surface area (Å²) in [7, 11) is 0. The van der Waals surface area contributed by atoms with Gasteiger partial charge in [-0.25, -0.2) is 4.79 Å². The Kier molecular flexibility index (Phi) is 4.75. The second-order valence-corrected chi connectivity index (χ2v) is 3.21. The molecule has 4 heteroatoms. The van der Waals surface area contributed by atoms with E-state index in [4.69, 9.17) is 4.74 Å². The molecule has 78 valence electrons. The molecule has 0 bridgehead atoms. The highest BCUT2D eigenvalue weighted by Crippen LogP contribution is 2.10. The van der Waals surface area contributed by atoms with E-state index in [1.807, 2.05) is 0 Å². The first-order chi connectivity index (χ1) is 6.83. The maximum atomic E-state index is 11.2. The molecule has 0 saturated carbocycles. The molecular weight excluding hydrogens is 180 g/mol. The van der Waals surface area contributed by atoms with Gasteiger partial charge in [-0.3, -0.25) is 4.99 Å². The lowest BCUT2D eigenvalue weighted by Gasteiger charge is -2.18. The van der Waals surface area contributed by atoms with Gasteiger partial charge in [0, 0.05) is 6.04 Å². The SMILES string of the molecule is C=NCCOC(=O)N[C@H]1CC=CCC1. The van der Waals surface area contributed by atoms with Gasteiger partial charge in [0.2, 0.25) is 0 Å². The molecule has 1 aliphatic carbocycles. The van der Waals surface area contributed by atoms with Crippen LogP contribution in [0.4, 0.5) is 4.79 Å². The molecule has 0 aliphatic heterocycles. The average molecular weight is 196 g/mol. The van der Waals surface area contributed by atoms with Gasteiger partial charge in [0.1, 0.15) is 6.61 Å². The van der Waals surface area contributed by atoms with Gasteiger partial charge < -0.3 is 10.1 Å². The standard InChI is InChI=1S/C10H16N2O2/c1-11-7-8-14-10(13)12-9-5-3-2-4-6-9/h2-3,9H,1,4-8H2,(H,12,13)/t9-/m0/s1. The fourth-order valence-electron chi connectivity index (χ4n) is 1.34. The largest absolute Gasteiger partial charge is 0.448 e. The summed E-state index contributed by atoms with van der Waals surface area (Å²) >= 11 is 0. The number of carbonyl (C=O) groups excluding carboxylic acids is 1. The lowest BCUT2D eigenvalue weighted by molar-refractivity contribution is 0.145. The fraction of sp³-hybridized carbons (Fsp3) is 0.600. The van der Waals surface area contributed by atoms with Gasteiger partial charge in [-0.15, -0.1) is 0 Å². The number of ether oxygens (including phenoxy) is 1. The van der Waals surface area contributed by atoms with Crippen LogP contribution in [0.3, 0.4) is 0 Å². The van der Waals surface area contributed by atoms with Gasteiger partial charge in [-0.1, -0.05) is 12.2 Å². The normalized spacial score (nSPS) is 20.1. The Bertz CT molecular complexity index is 226. The molecule has 0 unspecified atom stereocenters. The van der Waals surface area contributed by atoms with Crippen LogP contribution in [0.25, 0.3) is 0 Å². The molecule has 1 rings (SSSR count). The number of rotatable bonds is 4. The van der Waals surface area contributed by atoms with Crippen molar-refractivity contribution in [1.29, 1.82) is 0 Å².